The van der Waals surface area contributed by atoms with Crippen LogP contribution in [0.3, 0.4) is 0 Å². The Kier molecular flexibility index (Phi) is 4.13. The third kappa shape index (κ3) is 3.41. The molecule has 134 valence electrons. The minimum absolute atomic E-state index is 0.0348. The van der Waals surface area contributed by atoms with Crippen molar-refractivity contribution in [1.82, 2.24) is 0 Å². The van der Waals surface area contributed by atoms with Gasteiger partial charge in [0.2, 0.25) is 0 Å². The molecule has 3 rings (SSSR count). The lowest BCUT2D eigenvalue weighted by atomic mass is 9.95. The number of hydrogen-bond donors (Lipinski definition) is 0. The van der Waals surface area contributed by atoms with Crippen LogP contribution < -0.4 is 9.47 Å². The Labute approximate surface area is 141 Å². The lowest BCUT2D eigenvalue weighted by Gasteiger charge is -2.18. The molecule has 25 heavy (non-hydrogen) atoms. The Balaban J connectivity index is 1.95. The highest BCUT2D eigenvalue weighted by Gasteiger charge is 2.41. The van der Waals surface area contributed by atoms with E-state index in [4.69, 9.17) is 9.47 Å². The summed E-state index contributed by atoms with van der Waals surface area (Å²) in [5, 5.41) is 0. The van der Waals surface area contributed by atoms with Crippen LogP contribution >= 0.6 is 0 Å². The molecule has 0 N–H and O–H groups in total. The maximum atomic E-state index is 13.6. The summed E-state index contributed by atoms with van der Waals surface area (Å²) in [7, 11) is 0. The van der Waals surface area contributed by atoms with E-state index in [1.54, 1.807) is 13.8 Å². The Hall–Kier alpha value is -2.31. The number of alkyl halides is 3. The molecule has 1 aliphatic rings. The Morgan fingerprint density at radius 2 is 1.72 bits per heavy atom. The van der Waals surface area contributed by atoms with Gasteiger partial charge in [-0.25, -0.2) is 8.78 Å². The van der Waals surface area contributed by atoms with Crippen LogP contribution in [0.5, 0.6) is 11.5 Å². The first-order valence-corrected chi connectivity index (χ1v) is 7.56. The summed E-state index contributed by atoms with van der Waals surface area (Å²) in [4.78, 5) is 0. The van der Waals surface area contributed by atoms with Crippen LogP contribution in [0.1, 0.15) is 30.5 Å². The van der Waals surface area contributed by atoms with Gasteiger partial charge in [-0.2, -0.15) is 13.2 Å². The second-order valence-electron chi connectivity index (χ2n) is 6.46. The van der Waals surface area contributed by atoms with Crippen LogP contribution in [-0.2, 0) is 19.2 Å². The number of hydrogen-bond acceptors (Lipinski definition) is 2. The van der Waals surface area contributed by atoms with E-state index >= 15 is 0 Å². The third-order valence-corrected chi connectivity index (χ3v) is 3.92. The van der Waals surface area contributed by atoms with Crippen molar-refractivity contribution in [1.29, 1.82) is 0 Å². The van der Waals surface area contributed by atoms with Crippen molar-refractivity contribution >= 4 is 0 Å². The van der Waals surface area contributed by atoms with Gasteiger partial charge in [-0.05, 0) is 32.0 Å². The second kappa shape index (κ2) is 5.89. The molecule has 0 aromatic heterocycles. The molecule has 0 saturated carbocycles. The van der Waals surface area contributed by atoms with Gasteiger partial charge in [0, 0.05) is 17.5 Å². The van der Waals surface area contributed by atoms with Gasteiger partial charge in [0.05, 0.1) is 5.56 Å². The summed E-state index contributed by atoms with van der Waals surface area (Å²) < 4.78 is 77.6. The number of para-hydroxylation sites is 1. The molecular weight excluding hydrogens is 343 g/mol. The fraction of sp³-hybridized carbons (Fsp3) is 0.333. The molecule has 0 saturated heterocycles. The van der Waals surface area contributed by atoms with Crippen LogP contribution in [0.4, 0.5) is 22.0 Å². The van der Waals surface area contributed by atoms with Crippen molar-refractivity contribution in [3.8, 4) is 11.5 Å². The fourth-order valence-corrected chi connectivity index (χ4v) is 2.87. The zero-order chi connectivity index (χ0) is 18.4. The molecule has 0 fully saturated rings. The van der Waals surface area contributed by atoms with Crippen LogP contribution in [-0.4, -0.2) is 5.60 Å². The third-order valence-electron chi connectivity index (χ3n) is 3.92. The molecular formula is C18H15F5O2. The van der Waals surface area contributed by atoms with E-state index in [-0.39, 0.29) is 24.3 Å². The predicted molar refractivity (Wildman–Crippen MR) is 80.5 cm³/mol. The zero-order valence-electron chi connectivity index (χ0n) is 13.5. The summed E-state index contributed by atoms with van der Waals surface area (Å²) in [6, 6.07) is 5.42. The lowest BCUT2D eigenvalue weighted by Crippen LogP contribution is -2.25. The Bertz CT molecular complexity index is 792. The molecule has 0 radical (unpaired) electrons. The van der Waals surface area contributed by atoms with Crippen LogP contribution in [0.25, 0.3) is 0 Å². The SMILES string of the molecule is CC1(C)Cc2c(C(F)(F)F)ccc(COc3c(F)cccc3F)c2O1. The van der Waals surface area contributed by atoms with Gasteiger partial charge in [0.15, 0.2) is 17.4 Å². The Morgan fingerprint density at radius 1 is 1.08 bits per heavy atom. The number of halogens is 5. The average Bonchev–Trinajstić information content (AvgIpc) is 2.80. The van der Waals surface area contributed by atoms with Crippen molar-refractivity contribution in [2.75, 3.05) is 0 Å². The highest BCUT2D eigenvalue weighted by Crippen LogP contribution is 2.45. The zero-order valence-corrected chi connectivity index (χ0v) is 13.5. The highest BCUT2D eigenvalue weighted by atomic mass is 19.4. The topological polar surface area (TPSA) is 18.5 Å². The molecule has 2 aromatic rings. The minimum Gasteiger partial charge on any atom is -0.487 e. The molecule has 2 nitrogen and oxygen atoms in total. The fourth-order valence-electron chi connectivity index (χ4n) is 2.87. The molecule has 0 bridgehead atoms. The van der Waals surface area contributed by atoms with Gasteiger partial charge >= 0.3 is 6.18 Å². The standard InChI is InChI=1S/C18H15F5O2/c1-17(2)8-11-12(18(21,22)23)7-6-10(15(11)25-17)9-24-16-13(19)4-3-5-14(16)20/h3-7H,8-9H2,1-2H3. The Morgan fingerprint density at radius 3 is 2.32 bits per heavy atom. The van der Waals surface area contributed by atoms with Gasteiger partial charge in [-0.15, -0.1) is 0 Å². The summed E-state index contributed by atoms with van der Waals surface area (Å²) in [5.74, 6) is -2.28. The van der Waals surface area contributed by atoms with E-state index in [1.807, 2.05) is 0 Å². The summed E-state index contributed by atoms with van der Waals surface area (Å²) in [6.07, 6.45) is -4.43. The monoisotopic (exact) mass is 358 g/mol. The molecule has 0 amide bonds. The first-order chi connectivity index (χ1) is 11.6. The molecule has 7 heteroatoms. The first-order valence-electron chi connectivity index (χ1n) is 7.56. The molecule has 2 aromatic carbocycles. The summed E-state index contributed by atoms with van der Waals surface area (Å²) in [6.45, 7) is 3.04. The van der Waals surface area contributed by atoms with Crippen LogP contribution in [0, 0.1) is 11.6 Å². The van der Waals surface area contributed by atoms with Crippen molar-refractivity contribution < 1.29 is 31.4 Å². The summed E-state index contributed by atoms with van der Waals surface area (Å²) in [5.41, 5.74) is -1.24. The first kappa shape index (κ1) is 17.5. The van der Waals surface area contributed by atoms with E-state index < -0.39 is 34.7 Å². The predicted octanol–water partition coefficient (Wildman–Crippen LogP) is 5.28. The highest BCUT2D eigenvalue weighted by molar-refractivity contribution is 5.51. The largest absolute Gasteiger partial charge is 0.487 e. The number of rotatable bonds is 3. The molecule has 1 heterocycles. The van der Waals surface area contributed by atoms with E-state index in [1.165, 1.54) is 12.1 Å². The summed E-state index contributed by atoms with van der Waals surface area (Å²) >= 11 is 0. The average molecular weight is 358 g/mol. The molecule has 0 unspecified atom stereocenters. The van der Waals surface area contributed by atoms with E-state index in [2.05, 4.69) is 0 Å². The number of fused-ring (bicyclic) bond motifs is 1. The normalized spacial score (nSPS) is 15.6. The lowest BCUT2D eigenvalue weighted by molar-refractivity contribution is -0.138. The van der Waals surface area contributed by atoms with Gasteiger partial charge < -0.3 is 9.47 Å². The maximum Gasteiger partial charge on any atom is 0.416 e. The van der Waals surface area contributed by atoms with E-state index in [0.717, 1.165) is 18.2 Å². The van der Waals surface area contributed by atoms with Gasteiger partial charge in [0.1, 0.15) is 18.0 Å². The van der Waals surface area contributed by atoms with Gasteiger partial charge in [-0.1, -0.05) is 12.1 Å². The maximum absolute atomic E-state index is 13.6. The number of ether oxygens (including phenoxy) is 2. The second-order valence-corrected chi connectivity index (χ2v) is 6.46. The van der Waals surface area contributed by atoms with Gasteiger partial charge in [0.25, 0.3) is 0 Å². The minimum atomic E-state index is -4.51. The van der Waals surface area contributed by atoms with E-state index in [9.17, 15) is 22.0 Å². The molecule has 0 spiro atoms. The molecule has 1 aliphatic heterocycles. The molecule has 0 atom stereocenters. The van der Waals surface area contributed by atoms with Gasteiger partial charge in [-0.3, -0.25) is 0 Å². The van der Waals surface area contributed by atoms with Crippen molar-refractivity contribution in [3.63, 3.8) is 0 Å². The van der Waals surface area contributed by atoms with Crippen LogP contribution in [0.15, 0.2) is 30.3 Å². The molecule has 0 aliphatic carbocycles. The quantitative estimate of drug-likeness (QED) is 0.696. The number of benzene rings is 2. The van der Waals surface area contributed by atoms with Crippen molar-refractivity contribution in [2.45, 2.75) is 38.7 Å². The van der Waals surface area contributed by atoms with Crippen molar-refractivity contribution in [2.24, 2.45) is 0 Å². The smallest absolute Gasteiger partial charge is 0.416 e. The van der Waals surface area contributed by atoms with Crippen molar-refractivity contribution in [3.05, 3.63) is 58.7 Å². The van der Waals surface area contributed by atoms with E-state index in [0.29, 0.717) is 5.56 Å². The van der Waals surface area contributed by atoms with Crippen LogP contribution in [0.2, 0.25) is 0 Å².